The van der Waals surface area contributed by atoms with E-state index in [2.05, 4.69) is 19.6 Å². The molecule has 0 saturated carbocycles. The molecule has 0 atom stereocenters. The van der Waals surface area contributed by atoms with Gasteiger partial charge >= 0.3 is 5.97 Å². The van der Waals surface area contributed by atoms with Crippen molar-refractivity contribution in [3.8, 4) is 11.5 Å². The highest BCUT2D eigenvalue weighted by Gasteiger charge is 2.15. The first-order valence-electron chi connectivity index (χ1n) is 4.98. The molecule has 0 fully saturated rings. The highest BCUT2D eigenvalue weighted by Crippen LogP contribution is 2.21. The highest BCUT2D eigenvalue weighted by atomic mass is 19.1. The van der Waals surface area contributed by atoms with Crippen LogP contribution in [-0.4, -0.2) is 26.2 Å². The smallest absolute Gasteiger partial charge is 0.338 e. The van der Waals surface area contributed by atoms with Gasteiger partial charge < -0.3 is 14.6 Å². The van der Waals surface area contributed by atoms with E-state index in [1.807, 2.05) is 0 Å². The number of aromatic nitrogens is 3. The number of hydrogen-bond acceptors (Lipinski definition) is 4. The molecule has 0 spiro atoms. The van der Waals surface area contributed by atoms with Gasteiger partial charge in [0.1, 0.15) is 17.8 Å². The lowest BCUT2D eigenvalue weighted by Crippen LogP contribution is -1.99. The molecule has 3 aromatic rings. The summed E-state index contributed by atoms with van der Waals surface area (Å²) in [5.41, 5.74) is 0.798. The van der Waals surface area contributed by atoms with Gasteiger partial charge in [-0.25, -0.2) is 14.2 Å². The summed E-state index contributed by atoms with van der Waals surface area (Å²) < 4.78 is 18.1. The minimum absolute atomic E-state index is 0.354. The standard InChI is InChI=1S/C11H6FN3O3/c12-6-4-9-8(3-5(6)11(16)17)13-10(14-9)7-1-2-18-15-7/h1-4H,(H,13,14)(H,16,17). The van der Waals surface area contributed by atoms with E-state index in [1.54, 1.807) is 6.07 Å². The quantitative estimate of drug-likeness (QED) is 0.723. The van der Waals surface area contributed by atoms with Gasteiger partial charge in [0.15, 0.2) is 5.82 Å². The van der Waals surface area contributed by atoms with Crippen molar-refractivity contribution >= 4 is 17.0 Å². The second-order valence-corrected chi connectivity index (χ2v) is 3.62. The molecular weight excluding hydrogens is 241 g/mol. The van der Waals surface area contributed by atoms with Gasteiger partial charge in [-0.2, -0.15) is 0 Å². The van der Waals surface area contributed by atoms with Crippen LogP contribution in [0.3, 0.4) is 0 Å². The van der Waals surface area contributed by atoms with E-state index < -0.39 is 17.3 Å². The molecule has 0 amide bonds. The van der Waals surface area contributed by atoms with Gasteiger partial charge in [0.25, 0.3) is 0 Å². The summed E-state index contributed by atoms with van der Waals surface area (Å²) in [6, 6.07) is 3.86. The fourth-order valence-electron chi connectivity index (χ4n) is 1.65. The van der Waals surface area contributed by atoms with E-state index in [-0.39, 0.29) is 0 Å². The number of imidazole rings is 1. The van der Waals surface area contributed by atoms with Crippen LogP contribution in [-0.2, 0) is 0 Å². The van der Waals surface area contributed by atoms with E-state index in [0.29, 0.717) is 22.6 Å². The van der Waals surface area contributed by atoms with Crippen LogP contribution in [0.4, 0.5) is 4.39 Å². The average Bonchev–Trinajstić information content (AvgIpc) is 2.95. The lowest BCUT2D eigenvalue weighted by Gasteiger charge is -1.95. The third kappa shape index (κ3) is 1.53. The number of halogens is 1. The number of carbonyl (C=O) groups is 1. The van der Waals surface area contributed by atoms with Gasteiger partial charge in [0, 0.05) is 12.1 Å². The zero-order valence-electron chi connectivity index (χ0n) is 8.85. The first-order chi connectivity index (χ1) is 8.65. The monoisotopic (exact) mass is 247 g/mol. The maximum absolute atomic E-state index is 13.5. The lowest BCUT2D eigenvalue weighted by molar-refractivity contribution is 0.0692. The third-order valence-corrected chi connectivity index (χ3v) is 2.48. The Kier molecular flexibility index (Phi) is 2.12. The molecule has 0 saturated heterocycles. The van der Waals surface area contributed by atoms with Crippen LogP contribution in [0, 0.1) is 5.82 Å². The summed E-state index contributed by atoms with van der Waals surface area (Å²) in [5, 5.41) is 12.5. The Morgan fingerprint density at radius 3 is 2.94 bits per heavy atom. The van der Waals surface area contributed by atoms with E-state index >= 15 is 0 Å². The lowest BCUT2D eigenvalue weighted by atomic mass is 10.2. The molecule has 0 radical (unpaired) electrons. The maximum Gasteiger partial charge on any atom is 0.338 e. The number of carboxylic acids is 1. The molecule has 6 nitrogen and oxygen atoms in total. The Balaban J connectivity index is 2.21. The Labute approximate surface area is 99.1 Å². The maximum atomic E-state index is 13.5. The second-order valence-electron chi connectivity index (χ2n) is 3.62. The number of fused-ring (bicyclic) bond motifs is 1. The summed E-state index contributed by atoms with van der Waals surface area (Å²) in [7, 11) is 0. The number of H-pyrrole nitrogens is 1. The van der Waals surface area contributed by atoms with Crippen molar-refractivity contribution in [1.82, 2.24) is 15.1 Å². The van der Waals surface area contributed by atoms with Gasteiger partial charge in [-0.05, 0) is 6.07 Å². The molecule has 3 rings (SSSR count). The van der Waals surface area contributed by atoms with Crippen molar-refractivity contribution in [3.63, 3.8) is 0 Å². The number of benzene rings is 1. The Hall–Kier alpha value is -2.70. The molecule has 1 aromatic carbocycles. The normalized spacial score (nSPS) is 10.9. The van der Waals surface area contributed by atoms with E-state index in [9.17, 15) is 9.18 Å². The Morgan fingerprint density at radius 1 is 1.44 bits per heavy atom. The molecule has 7 heteroatoms. The van der Waals surface area contributed by atoms with Crippen LogP contribution in [0.1, 0.15) is 10.4 Å². The Morgan fingerprint density at radius 2 is 2.28 bits per heavy atom. The van der Waals surface area contributed by atoms with Gasteiger partial charge in [0.05, 0.1) is 16.6 Å². The van der Waals surface area contributed by atoms with Crippen molar-refractivity contribution in [2.45, 2.75) is 0 Å². The molecule has 2 N–H and O–H groups in total. The highest BCUT2D eigenvalue weighted by molar-refractivity contribution is 5.93. The molecule has 90 valence electrons. The number of aromatic amines is 1. The van der Waals surface area contributed by atoms with Crippen molar-refractivity contribution in [2.75, 3.05) is 0 Å². The predicted octanol–water partition coefficient (Wildman–Crippen LogP) is 2.06. The zero-order chi connectivity index (χ0) is 12.7. The van der Waals surface area contributed by atoms with Crippen LogP contribution in [0.15, 0.2) is 29.0 Å². The molecular formula is C11H6FN3O3. The van der Waals surface area contributed by atoms with Crippen molar-refractivity contribution in [3.05, 3.63) is 35.8 Å². The van der Waals surface area contributed by atoms with Crippen molar-refractivity contribution in [2.24, 2.45) is 0 Å². The molecule has 2 aromatic heterocycles. The van der Waals surface area contributed by atoms with E-state index in [1.165, 1.54) is 12.3 Å². The van der Waals surface area contributed by atoms with E-state index in [4.69, 9.17) is 5.11 Å². The minimum Gasteiger partial charge on any atom is -0.478 e. The number of rotatable bonds is 2. The van der Waals surface area contributed by atoms with Crippen LogP contribution in [0.2, 0.25) is 0 Å². The van der Waals surface area contributed by atoms with Crippen LogP contribution < -0.4 is 0 Å². The molecule has 2 heterocycles. The number of aromatic carboxylic acids is 1. The van der Waals surface area contributed by atoms with Crippen molar-refractivity contribution < 1.29 is 18.8 Å². The number of nitrogens with one attached hydrogen (secondary N) is 1. The van der Waals surface area contributed by atoms with Gasteiger partial charge in [0.2, 0.25) is 0 Å². The first kappa shape index (κ1) is 10.5. The largest absolute Gasteiger partial charge is 0.478 e. The van der Waals surface area contributed by atoms with Gasteiger partial charge in [-0.3, -0.25) is 0 Å². The molecule has 18 heavy (non-hydrogen) atoms. The molecule has 0 bridgehead atoms. The molecule has 0 aliphatic heterocycles. The first-order valence-corrected chi connectivity index (χ1v) is 4.98. The SMILES string of the molecule is O=C(O)c1cc2nc(-c3ccon3)[nH]c2cc1F. The summed E-state index contributed by atoms with van der Waals surface area (Å²) in [6.45, 7) is 0. The minimum atomic E-state index is -1.33. The fourth-order valence-corrected chi connectivity index (χ4v) is 1.65. The number of nitrogens with zero attached hydrogens (tertiary/aromatic N) is 2. The zero-order valence-corrected chi connectivity index (χ0v) is 8.85. The summed E-state index contributed by atoms with van der Waals surface area (Å²) in [4.78, 5) is 17.8. The predicted molar refractivity (Wildman–Crippen MR) is 58.5 cm³/mol. The Bertz CT molecular complexity index is 733. The fraction of sp³-hybridized carbons (Fsp3) is 0. The van der Waals surface area contributed by atoms with Crippen LogP contribution >= 0.6 is 0 Å². The molecule has 0 aliphatic carbocycles. The molecule has 0 unspecified atom stereocenters. The summed E-state index contributed by atoms with van der Waals surface area (Å²) in [6.07, 6.45) is 1.38. The summed E-state index contributed by atoms with van der Waals surface area (Å²) in [5.74, 6) is -1.76. The molecule has 0 aliphatic rings. The van der Waals surface area contributed by atoms with Gasteiger partial charge in [-0.1, -0.05) is 5.16 Å². The number of hydrogen-bond donors (Lipinski definition) is 2. The van der Waals surface area contributed by atoms with Crippen molar-refractivity contribution in [1.29, 1.82) is 0 Å². The topological polar surface area (TPSA) is 92.0 Å². The second kappa shape index (κ2) is 3.66. The van der Waals surface area contributed by atoms with E-state index in [0.717, 1.165) is 6.07 Å². The third-order valence-electron chi connectivity index (χ3n) is 2.48. The number of carboxylic acid groups (broad SMARTS) is 1. The van der Waals surface area contributed by atoms with Gasteiger partial charge in [-0.15, -0.1) is 0 Å². The average molecular weight is 247 g/mol. The van der Waals surface area contributed by atoms with Crippen LogP contribution in [0.25, 0.3) is 22.6 Å². The summed E-state index contributed by atoms with van der Waals surface area (Å²) >= 11 is 0. The van der Waals surface area contributed by atoms with Crippen LogP contribution in [0.5, 0.6) is 0 Å².